The molecule has 2 saturated heterocycles. The van der Waals surface area contributed by atoms with E-state index in [1.807, 2.05) is 0 Å². The summed E-state index contributed by atoms with van der Waals surface area (Å²) in [6.45, 7) is 1.30. The number of likely N-dealkylation sites (tertiary alicyclic amines) is 2. The van der Waals surface area contributed by atoms with Crippen LogP contribution in [0.5, 0.6) is 0 Å². The fourth-order valence-corrected chi connectivity index (χ4v) is 2.91. The van der Waals surface area contributed by atoms with Crippen molar-refractivity contribution < 1.29 is 19.1 Å². The molecular formula is C14H22N2O4. The van der Waals surface area contributed by atoms with E-state index >= 15 is 0 Å². The van der Waals surface area contributed by atoms with Gasteiger partial charge in [0.05, 0.1) is 13.7 Å². The van der Waals surface area contributed by atoms with E-state index in [2.05, 4.69) is 0 Å². The number of hydrogen-bond acceptors (Lipinski definition) is 4. The molecule has 20 heavy (non-hydrogen) atoms. The average Bonchev–Trinajstić information content (AvgIpc) is 2.85. The summed E-state index contributed by atoms with van der Waals surface area (Å²) in [5, 5.41) is 0. The van der Waals surface area contributed by atoms with Crippen LogP contribution in [0.15, 0.2) is 0 Å². The zero-order valence-electron chi connectivity index (χ0n) is 12.0. The van der Waals surface area contributed by atoms with E-state index in [-0.39, 0.29) is 24.3 Å². The summed E-state index contributed by atoms with van der Waals surface area (Å²) in [5.41, 5.74) is 0. The molecule has 0 radical (unpaired) electrons. The maximum atomic E-state index is 12.3. The lowest BCUT2D eigenvalue weighted by atomic mass is 10.2. The Kier molecular flexibility index (Phi) is 4.98. The second-order valence-corrected chi connectivity index (χ2v) is 5.39. The lowest BCUT2D eigenvalue weighted by molar-refractivity contribution is -0.152. The van der Waals surface area contributed by atoms with Crippen molar-refractivity contribution in [3.05, 3.63) is 0 Å². The molecule has 6 nitrogen and oxygen atoms in total. The monoisotopic (exact) mass is 282 g/mol. The zero-order valence-corrected chi connectivity index (χ0v) is 12.0. The summed E-state index contributed by atoms with van der Waals surface area (Å²) in [5.74, 6) is -0.462. The van der Waals surface area contributed by atoms with Gasteiger partial charge in [-0.15, -0.1) is 0 Å². The van der Waals surface area contributed by atoms with E-state index in [0.717, 1.165) is 25.7 Å². The van der Waals surface area contributed by atoms with Gasteiger partial charge in [0.25, 0.3) is 0 Å². The fraction of sp³-hybridized carbons (Fsp3) is 0.786. The first-order valence-corrected chi connectivity index (χ1v) is 7.28. The van der Waals surface area contributed by atoms with Gasteiger partial charge in [0, 0.05) is 19.5 Å². The zero-order chi connectivity index (χ0) is 14.5. The summed E-state index contributed by atoms with van der Waals surface area (Å²) in [4.78, 5) is 39.1. The Labute approximate surface area is 119 Å². The Morgan fingerprint density at radius 1 is 1.20 bits per heavy atom. The van der Waals surface area contributed by atoms with Gasteiger partial charge in [-0.2, -0.15) is 0 Å². The Morgan fingerprint density at radius 3 is 2.75 bits per heavy atom. The average molecular weight is 282 g/mol. The van der Waals surface area contributed by atoms with E-state index < -0.39 is 6.04 Å². The molecule has 2 aliphatic rings. The maximum Gasteiger partial charge on any atom is 0.328 e. The van der Waals surface area contributed by atoms with Gasteiger partial charge >= 0.3 is 5.97 Å². The van der Waals surface area contributed by atoms with Crippen LogP contribution >= 0.6 is 0 Å². The number of carbonyl (C=O) groups is 3. The first-order chi connectivity index (χ1) is 9.63. The van der Waals surface area contributed by atoms with Crippen molar-refractivity contribution in [1.82, 2.24) is 9.80 Å². The van der Waals surface area contributed by atoms with Crippen LogP contribution in [0.2, 0.25) is 0 Å². The first kappa shape index (κ1) is 14.8. The van der Waals surface area contributed by atoms with Gasteiger partial charge in [0.2, 0.25) is 11.8 Å². The van der Waals surface area contributed by atoms with E-state index in [4.69, 9.17) is 4.74 Å². The number of esters is 1. The number of rotatable bonds is 3. The molecule has 2 fully saturated rings. The van der Waals surface area contributed by atoms with Crippen molar-refractivity contribution >= 4 is 17.8 Å². The van der Waals surface area contributed by atoms with E-state index in [1.54, 1.807) is 9.80 Å². The highest BCUT2D eigenvalue weighted by Gasteiger charge is 2.35. The Morgan fingerprint density at radius 2 is 2.00 bits per heavy atom. The highest BCUT2D eigenvalue weighted by atomic mass is 16.5. The van der Waals surface area contributed by atoms with Crippen molar-refractivity contribution in [1.29, 1.82) is 0 Å². The largest absolute Gasteiger partial charge is 0.467 e. The smallest absolute Gasteiger partial charge is 0.328 e. The molecule has 0 aromatic rings. The molecule has 0 aliphatic carbocycles. The highest BCUT2D eigenvalue weighted by molar-refractivity contribution is 5.89. The topological polar surface area (TPSA) is 66.9 Å². The molecular weight excluding hydrogens is 260 g/mol. The van der Waals surface area contributed by atoms with E-state index in [1.165, 1.54) is 7.11 Å². The molecule has 0 aromatic heterocycles. The van der Waals surface area contributed by atoms with Gasteiger partial charge in [-0.1, -0.05) is 6.42 Å². The maximum absolute atomic E-state index is 12.3. The predicted molar refractivity (Wildman–Crippen MR) is 71.8 cm³/mol. The van der Waals surface area contributed by atoms with Crippen LogP contribution in [-0.4, -0.2) is 60.4 Å². The summed E-state index contributed by atoms with van der Waals surface area (Å²) in [7, 11) is 1.33. The molecule has 6 heteroatoms. The van der Waals surface area contributed by atoms with Crippen LogP contribution in [0.1, 0.15) is 38.5 Å². The number of nitrogens with zero attached hydrogens (tertiary/aromatic N) is 2. The van der Waals surface area contributed by atoms with Crippen molar-refractivity contribution in [2.75, 3.05) is 26.7 Å². The summed E-state index contributed by atoms with van der Waals surface area (Å²) < 4.78 is 4.73. The SMILES string of the molecule is COC(=O)C1CCCN1C(=O)CN1CCCCCC1=O. The molecule has 0 spiro atoms. The third-order valence-corrected chi connectivity index (χ3v) is 4.04. The molecule has 1 atom stereocenters. The normalized spacial score (nSPS) is 23.6. The third-order valence-electron chi connectivity index (χ3n) is 4.04. The summed E-state index contributed by atoms with van der Waals surface area (Å²) in [6.07, 6.45) is 4.85. The van der Waals surface area contributed by atoms with Crippen LogP contribution in [0.4, 0.5) is 0 Å². The molecule has 112 valence electrons. The van der Waals surface area contributed by atoms with Gasteiger partial charge in [-0.3, -0.25) is 9.59 Å². The van der Waals surface area contributed by atoms with Gasteiger partial charge in [-0.05, 0) is 25.7 Å². The molecule has 1 unspecified atom stereocenters. The Hall–Kier alpha value is -1.59. The van der Waals surface area contributed by atoms with Crippen LogP contribution in [0.25, 0.3) is 0 Å². The predicted octanol–water partition coefficient (Wildman–Crippen LogP) is 0.553. The third kappa shape index (κ3) is 3.29. The molecule has 2 amide bonds. The standard InChI is InChI=1S/C14H22N2O4/c1-20-14(19)11-6-5-9-16(11)13(18)10-15-8-4-2-3-7-12(15)17/h11H,2-10H2,1H3. The second kappa shape index (κ2) is 6.72. The number of hydrogen-bond donors (Lipinski definition) is 0. The fourth-order valence-electron chi connectivity index (χ4n) is 2.91. The molecule has 0 N–H and O–H groups in total. The molecule has 2 heterocycles. The minimum Gasteiger partial charge on any atom is -0.467 e. The Bertz CT molecular complexity index is 397. The van der Waals surface area contributed by atoms with Gasteiger partial charge in [0.1, 0.15) is 6.04 Å². The number of amides is 2. The summed E-state index contributed by atoms with van der Waals surface area (Å²) >= 11 is 0. The van der Waals surface area contributed by atoms with Crippen molar-refractivity contribution in [2.24, 2.45) is 0 Å². The molecule has 0 saturated carbocycles. The number of ether oxygens (including phenoxy) is 1. The molecule has 2 aliphatic heterocycles. The van der Waals surface area contributed by atoms with Gasteiger partial charge < -0.3 is 14.5 Å². The second-order valence-electron chi connectivity index (χ2n) is 5.39. The highest BCUT2D eigenvalue weighted by Crippen LogP contribution is 2.19. The first-order valence-electron chi connectivity index (χ1n) is 7.28. The van der Waals surface area contributed by atoms with E-state index in [0.29, 0.717) is 25.9 Å². The molecule has 0 bridgehead atoms. The van der Waals surface area contributed by atoms with Crippen LogP contribution < -0.4 is 0 Å². The van der Waals surface area contributed by atoms with Crippen molar-refractivity contribution in [2.45, 2.75) is 44.6 Å². The number of carbonyl (C=O) groups excluding carboxylic acids is 3. The Balaban J connectivity index is 1.96. The molecule has 2 rings (SSSR count). The van der Waals surface area contributed by atoms with Crippen LogP contribution in [-0.2, 0) is 19.1 Å². The minimum absolute atomic E-state index is 0.0460. The van der Waals surface area contributed by atoms with Gasteiger partial charge in [0.15, 0.2) is 0 Å². The van der Waals surface area contributed by atoms with Crippen molar-refractivity contribution in [3.8, 4) is 0 Å². The van der Waals surface area contributed by atoms with Gasteiger partial charge in [-0.25, -0.2) is 4.79 Å². The lowest BCUT2D eigenvalue weighted by Gasteiger charge is -2.26. The van der Waals surface area contributed by atoms with Crippen molar-refractivity contribution in [3.63, 3.8) is 0 Å². The van der Waals surface area contributed by atoms with Crippen LogP contribution in [0, 0.1) is 0 Å². The number of methoxy groups -OCH3 is 1. The minimum atomic E-state index is -0.477. The lowest BCUT2D eigenvalue weighted by Crippen LogP contribution is -2.47. The van der Waals surface area contributed by atoms with Crippen LogP contribution in [0.3, 0.4) is 0 Å². The summed E-state index contributed by atoms with van der Waals surface area (Å²) in [6, 6.07) is -0.477. The molecule has 0 aromatic carbocycles. The quantitative estimate of drug-likeness (QED) is 0.709. The van der Waals surface area contributed by atoms with E-state index in [9.17, 15) is 14.4 Å².